The molecule has 1 fully saturated rings. The number of carbonyl (C=O) groups excluding carboxylic acids is 2. The van der Waals surface area contributed by atoms with Crippen LogP contribution in [0.4, 0.5) is 28.4 Å². The molecule has 2 rings (SSSR count). The zero-order valence-corrected chi connectivity index (χ0v) is 16.8. The minimum Gasteiger partial charge on any atom is -0.486 e. The van der Waals surface area contributed by atoms with Gasteiger partial charge in [-0.15, -0.1) is 0 Å². The highest BCUT2D eigenvalue weighted by Gasteiger charge is 2.33. The highest BCUT2D eigenvalue weighted by molar-refractivity contribution is 5.87. The summed E-state index contributed by atoms with van der Waals surface area (Å²) in [5.74, 6) is 0.0575. The van der Waals surface area contributed by atoms with Crippen molar-refractivity contribution in [2.75, 3.05) is 25.0 Å². The Morgan fingerprint density at radius 3 is 2.52 bits per heavy atom. The van der Waals surface area contributed by atoms with E-state index < -0.39 is 35.6 Å². The van der Waals surface area contributed by atoms with Gasteiger partial charge in [0.25, 0.3) is 0 Å². The Kier molecular flexibility index (Phi) is 6.86. The molecule has 1 aromatic rings. The monoisotopic (exact) mass is 418 g/mol. The number of amides is 2. The Morgan fingerprint density at radius 1 is 1.24 bits per heavy atom. The van der Waals surface area contributed by atoms with Crippen molar-refractivity contribution < 1.29 is 37.0 Å². The number of anilines is 1. The number of carbonyl (C=O) groups is 2. The summed E-state index contributed by atoms with van der Waals surface area (Å²) in [6.07, 6.45) is -5.94. The lowest BCUT2D eigenvalue weighted by Crippen LogP contribution is -2.36. The third-order valence-corrected chi connectivity index (χ3v) is 3.91. The molecule has 0 aliphatic carbocycles. The molecule has 1 saturated heterocycles. The van der Waals surface area contributed by atoms with E-state index in [1.807, 2.05) is 0 Å². The molecule has 2 amide bonds. The van der Waals surface area contributed by atoms with E-state index in [1.165, 1.54) is 4.90 Å². The van der Waals surface area contributed by atoms with Crippen LogP contribution in [0.2, 0.25) is 0 Å². The number of alkyl halides is 3. The predicted octanol–water partition coefficient (Wildman–Crippen LogP) is 4.66. The van der Waals surface area contributed by atoms with Crippen molar-refractivity contribution in [1.82, 2.24) is 4.90 Å². The van der Waals surface area contributed by atoms with Crippen LogP contribution in [0.1, 0.15) is 39.7 Å². The maximum absolute atomic E-state index is 13.0. The minimum absolute atomic E-state index is 0.0575. The fourth-order valence-corrected chi connectivity index (χ4v) is 2.68. The number of likely N-dealkylation sites (tertiary alicyclic amines) is 1. The number of ether oxygens (including phenoxy) is 3. The van der Waals surface area contributed by atoms with Gasteiger partial charge in [0.05, 0.1) is 24.4 Å². The topological polar surface area (TPSA) is 77.1 Å². The number of hydrogen-bond donors (Lipinski definition) is 1. The van der Waals surface area contributed by atoms with Crippen molar-refractivity contribution in [3.05, 3.63) is 23.8 Å². The lowest BCUT2D eigenvalue weighted by atomic mass is 10.1. The Morgan fingerprint density at radius 2 is 1.93 bits per heavy atom. The first kappa shape index (κ1) is 22.6. The molecule has 0 bridgehead atoms. The summed E-state index contributed by atoms with van der Waals surface area (Å²) in [7, 11) is 0. The molecule has 0 radical (unpaired) electrons. The largest absolute Gasteiger partial charge is 0.486 e. The van der Waals surface area contributed by atoms with Crippen LogP contribution in [0.15, 0.2) is 18.2 Å². The van der Waals surface area contributed by atoms with Crippen LogP contribution in [0.3, 0.4) is 0 Å². The molecular formula is C19H25F3N2O5. The predicted molar refractivity (Wildman–Crippen MR) is 98.9 cm³/mol. The fraction of sp³-hybridized carbons (Fsp3) is 0.579. The summed E-state index contributed by atoms with van der Waals surface area (Å²) in [4.78, 5) is 25.3. The van der Waals surface area contributed by atoms with Gasteiger partial charge < -0.3 is 19.1 Å². The van der Waals surface area contributed by atoms with E-state index in [4.69, 9.17) is 14.2 Å². The second-order valence-electron chi connectivity index (χ2n) is 7.51. The standard InChI is InChI=1S/C19H25F3N2O5/c1-5-27-16(25)23-14-10-12(19(20,21)22)6-7-15(14)28-13-8-9-24(11-13)17(26)29-18(2,3)4/h6-7,10,13H,5,8-9,11H2,1-4H3,(H,23,25)/t13-/m1/s1. The third-order valence-electron chi connectivity index (χ3n) is 3.91. The van der Waals surface area contributed by atoms with Crippen LogP contribution in [0.5, 0.6) is 5.75 Å². The molecule has 1 aromatic carbocycles. The third kappa shape index (κ3) is 6.72. The first-order valence-corrected chi connectivity index (χ1v) is 9.18. The summed E-state index contributed by atoms with van der Waals surface area (Å²) >= 11 is 0. The molecule has 1 N–H and O–H groups in total. The van der Waals surface area contributed by atoms with E-state index in [0.29, 0.717) is 13.0 Å². The first-order chi connectivity index (χ1) is 13.4. The number of hydrogen-bond acceptors (Lipinski definition) is 5. The van der Waals surface area contributed by atoms with Gasteiger partial charge in [0.1, 0.15) is 17.5 Å². The van der Waals surface area contributed by atoms with Gasteiger partial charge in [0.15, 0.2) is 0 Å². The summed E-state index contributed by atoms with van der Waals surface area (Å²) in [5, 5.41) is 2.27. The van der Waals surface area contributed by atoms with Crippen molar-refractivity contribution in [3.8, 4) is 5.75 Å². The van der Waals surface area contributed by atoms with Crippen LogP contribution in [-0.2, 0) is 15.7 Å². The number of nitrogens with one attached hydrogen (secondary N) is 1. The van der Waals surface area contributed by atoms with Gasteiger partial charge in [-0.1, -0.05) is 0 Å². The smallest absolute Gasteiger partial charge is 0.416 e. The number of nitrogens with zero attached hydrogens (tertiary/aromatic N) is 1. The minimum atomic E-state index is -4.58. The lowest BCUT2D eigenvalue weighted by Gasteiger charge is -2.24. The van der Waals surface area contributed by atoms with E-state index in [9.17, 15) is 22.8 Å². The normalized spacial score (nSPS) is 17.1. The molecule has 0 unspecified atom stereocenters. The van der Waals surface area contributed by atoms with Crippen LogP contribution in [0.25, 0.3) is 0 Å². The van der Waals surface area contributed by atoms with Crippen LogP contribution < -0.4 is 10.1 Å². The van der Waals surface area contributed by atoms with Crippen molar-refractivity contribution in [3.63, 3.8) is 0 Å². The van der Waals surface area contributed by atoms with Gasteiger partial charge in [-0.25, -0.2) is 9.59 Å². The molecule has 0 saturated carbocycles. The molecule has 0 spiro atoms. The quantitative estimate of drug-likeness (QED) is 0.770. The highest BCUT2D eigenvalue weighted by atomic mass is 19.4. The molecule has 1 aliphatic heterocycles. The average molecular weight is 418 g/mol. The molecule has 0 aromatic heterocycles. The number of halogens is 3. The maximum Gasteiger partial charge on any atom is 0.416 e. The summed E-state index contributed by atoms with van der Waals surface area (Å²) < 4.78 is 54.9. The molecule has 7 nitrogen and oxygen atoms in total. The van der Waals surface area contributed by atoms with Gasteiger partial charge in [-0.3, -0.25) is 5.32 Å². The van der Waals surface area contributed by atoms with Crippen LogP contribution in [0, 0.1) is 0 Å². The van der Waals surface area contributed by atoms with Crippen molar-refractivity contribution in [1.29, 1.82) is 0 Å². The molecule has 162 valence electrons. The molecule has 1 aliphatic rings. The summed E-state index contributed by atoms with van der Waals surface area (Å²) in [5.41, 5.74) is -1.73. The fourth-order valence-electron chi connectivity index (χ4n) is 2.68. The van der Waals surface area contributed by atoms with Gasteiger partial charge in [-0.2, -0.15) is 13.2 Å². The summed E-state index contributed by atoms with van der Waals surface area (Å²) in [6, 6.07) is 2.79. The molecule has 1 heterocycles. The Labute approximate surface area is 167 Å². The second kappa shape index (κ2) is 8.79. The average Bonchev–Trinajstić information content (AvgIpc) is 3.03. The van der Waals surface area contributed by atoms with E-state index >= 15 is 0 Å². The molecular weight excluding hydrogens is 393 g/mol. The van der Waals surface area contributed by atoms with Crippen molar-refractivity contribution >= 4 is 17.9 Å². The van der Waals surface area contributed by atoms with Gasteiger partial charge >= 0.3 is 18.4 Å². The Bertz CT molecular complexity index is 746. The Balaban J connectivity index is 2.13. The molecule has 29 heavy (non-hydrogen) atoms. The van der Waals surface area contributed by atoms with Gasteiger partial charge in [-0.05, 0) is 45.9 Å². The van der Waals surface area contributed by atoms with E-state index in [2.05, 4.69) is 5.32 Å². The van der Waals surface area contributed by atoms with E-state index in [1.54, 1.807) is 27.7 Å². The van der Waals surface area contributed by atoms with Crippen molar-refractivity contribution in [2.24, 2.45) is 0 Å². The second-order valence-corrected chi connectivity index (χ2v) is 7.51. The summed E-state index contributed by atoms with van der Waals surface area (Å²) in [6.45, 7) is 7.51. The Hall–Kier alpha value is -2.65. The SMILES string of the molecule is CCOC(=O)Nc1cc(C(F)(F)F)ccc1O[C@@H]1CCN(C(=O)OC(C)(C)C)C1. The first-order valence-electron chi connectivity index (χ1n) is 9.18. The highest BCUT2D eigenvalue weighted by Crippen LogP contribution is 2.36. The van der Waals surface area contributed by atoms with Gasteiger partial charge in [0.2, 0.25) is 0 Å². The van der Waals surface area contributed by atoms with Crippen LogP contribution in [-0.4, -0.2) is 48.5 Å². The zero-order valence-electron chi connectivity index (χ0n) is 16.8. The van der Waals surface area contributed by atoms with E-state index in [-0.39, 0.29) is 24.6 Å². The van der Waals surface area contributed by atoms with Gasteiger partial charge in [0, 0.05) is 13.0 Å². The van der Waals surface area contributed by atoms with Crippen LogP contribution >= 0.6 is 0 Å². The molecule has 1 atom stereocenters. The lowest BCUT2D eigenvalue weighted by molar-refractivity contribution is -0.137. The van der Waals surface area contributed by atoms with E-state index in [0.717, 1.165) is 18.2 Å². The number of benzene rings is 1. The zero-order chi connectivity index (χ0) is 21.8. The molecule has 10 heteroatoms. The number of rotatable bonds is 4. The maximum atomic E-state index is 13.0. The van der Waals surface area contributed by atoms with Crippen molar-refractivity contribution in [2.45, 2.75) is 52.0 Å².